The maximum Gasteiger partial charge on any atom is 0.471 e. The van der Waals surface area contributed by atoms with Gasteiger partial charge in [-0.1, -0.05) is 29.4 Å². The van der Waals surface area contributed by atoms with E-state index in [2.05, 4.69) is 14.7 Å². The molecule has 4 rings (SSSR count). The van der Waals surface area contributed by atoms with Crippen LogP contribution in [0.25, 0.3) is 11.4 Å². The van der Waals surface area contributed by atoms with Crippen LogP contribution in [0.1, 0.15) is 37.1 Å². The summed E-state index contributed by atoms with van der Waals surface area (Å²) in [5.74, 6) is -1.56. The van der Waals surface area contributed by atoms with E-state index in [0.29, 0.717) is 18.4 Å². The molecule has 0 radical (unpaired) electrons. The van der Waals surface area contributed by atoms with E-state index in [-0.39, 0.29) is 23.7 Å². The molecule has 2 aliphatic carbocycles. The number of aromatic nitrogens is 2. The van der Waals surface area contributed by atoms with E-state index < -0.39 is 22.1 Å². The zero-order valence-electron chi connectivity index (χ0n) is 13.6. The molecule has 2 aliphatic rings. The lowest BCUT2D eigenvalue weighted by Gasteiger charge is -2.22. The van der Waals surface area contributed by atoms with Gasteiger partial charge in [-0.25, -0.2) is 8.42 Å². The standard InChI is InChI=1S/C16H16F3N3O3S/c17-16(18,19)15-20-14(21-25-15)11-3-1-10(2-4-11)9-22(12-5-6-12)26(23,24)13-7-8-13/h1-4,12-13H,5-9H2. The second-order valence-corrected chi connectivity index (χ2v) is 8.80. The normalized spacial score (nSPS) is 18.5. The molecular formula is C16H16F3N3O3S. The Balaban J connectivity index is 1.51. The SMILES string of the molecule is O=S(=O)(C1CC1)N(Cc1ccc(-c2noc(C(F)(F)F)n2)cc1)C1CC1. The van der Waals surface area contributed by atoms with Crippen LogP contribution in [-0.4, -0.2) is 34.2 Å². The summed E-state index contributed by atoms with van der Waals surface area (Å²) in [6.45, 7) is 0.268. The molecule has 0 bridgehead atoms. The fraction of sp³-hybridized carbons (Fsp3) is 0.500. The van der Waals surface area contributed by atoms with Crippen molar-refractivity contribution in [3.8, 4) is 11.4 Å². The Morgan fingerprint density at radius 1 is 1.12 bits per heavy atom. The Kier molecular flexibility index (Phi) is 4.07. The summed E-state index contributed by atoms with van der Waals surface area (Å²) in [5, 5.41) is 3.08. The van der Waals surface area contributed by atoms with Crippen molar-refractivity contribution < 1.29 is 26.1 Å². The van der Waals surface area contributed by atoms with Crippen LogP contribution in [0.4, 0.5) is 13.2 Å². The summed E-state index contributed by atoms with van der Waals surface area (Å²) >= 11 is 0. The molecule has 1 aromatic carbocycles. The van der Waals surface area contributed by atoms with Crippen LogP contribution in [-0.2, 0) is 22.7 Å². The van der Waals surface area contributed by atoms with Crippen molar-refractivity contribution in [1.29, 1.82) is 0 Å². The molecular weight excluding hydrogens is 371 g/mol. The van der Waals surface area contributed by atoms with Gasteiger partial charge in [-0.05, 0) is 31.2 Å². The van der Waals surface area contributed by atoms with E-state index in [0.717, 1.165) is 18.4 Å². The molecule has 10 heteroatoms. The summed E-state index contributed by atoms with van der Waals surface area (Å²) in [7, 11) is -3.27. The van der Waals surface area contributed by atoms with Crippen LogP contribution < -0.4 is 0 Å². The molecule has 0 amide bonds. The predicted octanol–water partition coefficient (Wildman–Crippen LogP) is 3.21. The van der Waals surface area contributed by atoms with Gasteiger partial charge < -0.3 is 4.52 Å². The van der Waals surface area contributed by atoms with Crippen molar-refractivity contribution in [2.24, 2.45) is 0 Å². The van der Waals surface area contributed by atoms with Gasteiger partial charge in [0.15, 0.2) is 0 Å². The van der Waals surface area contributed by atoms with Gasteiger partial charge in [0.25, 0.3) is 0 Å². The molecule has 0 N–H and O–H groups in total. The third kappa shape index (κ3) is 3.48. The van der Waals surface area contributed by atoms with Crippen LogP contribution >= 0.6 is 0 Å². The third-order valence-corrected chi connectivity index (χ3v) is 6.84. The van der Waals surface area contributed by atoms with Crippen molar-refractivity contribution in [2.45, 2.75) is 49.7 Å². The molecule has 0 spiro atoms. The lowest BCUT2D eigenvalue weighted by Crippen LogP contribution is -2.35. The Bertz CT molecular complexity index is 901. The molecule has 26 heavy (non-hydrogen) atoms. The van der Waals surface area contributed by atoms with E-state index >= 15 is 0 Å². The van der Waals surface area contributed by atoms with Crippen molar-refractivity contribution in [2.75, 3.05) is 0 Å². The first kappa shape index (κ1) is 17.5. The maximum atomic E-state index is 12.6. The minimum absolute atomic E-state index is 0.0619. The molecule has 0 saturated heterocycles. The van der Waals surface area contributed by atoms with Crippen molar-refractivity contribution in [3.05, 3.63) is 35.7 Å². The quantitative estimate of drug-likeness (QED) is 0.761. The van der Waals surface area contributed by atoms with Crippen molar-refractivity contribution in [1.82, 2.24) is 14.4 Å². The molecule has 140 valence electrons. The Morgan fingerprint density at radius 2 is 1.77 bits per heavy atom. The Labute approximate surface area is 148 Å². The van der Waals surface area contributed by atoms with Crippen LogP contribution in [0.5, 0.6) is 0 Å². The predicted molar refractivity (Wildman–Crippen MR) is 85.2 cm³/mol. The van der Waals surface area contributed by atoms with Crippen molar-refractivity contribution >= 4 is 10.0 Å². The summed E-state index contributed by atoms with van der Waals surface area (Å²) in [5.41, 5.74) is 1.14. The van der Waals surface area contributed by atoms with Crippen molar-refractivity contribution in [3.63, 3.8) is 0 Å². The number of hydrogen-bond donors (Lipinski definition) is 0. The molecule has 1 heterocycles. The Hall–Kier alpha value is -1.94. The summed E-state index contributed by atoms with van der Waals surface area (Å²) in [6, 6.07) is 6.55. The average molecular weight is 387 g/mol. The van der Waals surface area contributed by atoms with Gasteiger partial charge in [0.05, 0.1) is 5.25 Å². The molecule has 2 saturated carbocycles. The summed E-state index contributed by atoms with van der Waals surface area (Å²) < 4.78 is 68.5. The van der Waals surface area contributed by atoms with Gasteiger partial charge in [-0.2, -0.15) is 22.5 Å². The number of rotatable bonds is 6. The lowest BCUT2D eigenvalue weighted by molar-refractivity contribution is -0.159. The average Bonchev–Trinajstić information content (AvgIpc) is 3.50. The number of sulfonamides is 1. The third-order valence-electron chi connectivity index (χ3n) is 4.45. The highest BCUT2D eigenvalue weighted by Crippen LogP contribution is 2.38. The van der Waals surface area contributed by atoms with E-state index in [4.69, 9.17) is 0 Å². The zero-order chi connectivity index (χ0) is 18.5. The fourth-order valence-corrected chi connectivity index (χ4v) is 4.81. The topological polar surface area (TPSA) is 76.3 Å². The Morgan fingerprint density at radius 3 is 2.27 bits per heavy atom. The summed E-state index contributed by atoms with van der Waals surface area (Å²) in [4.78, 5) is 3.34. The second-order valence-electron chi connectivity index (χ2n) is 6.64. The molecule has 2 aromatic rings. The number of halogens is 3. The van der Waals surface area contributed by atoms with Crippen LogP contribution in [0.3, 0.4) is 0 Å². The maximum absolute atomic E-state index is 12.6. The number of nitrogens with zero attached hydrogens (tertiary/aromatic N) is 3. The van der Waals surface area contributed by atoms with E-state index in [1.165, 1.54) is 0 Å². The van der Waals surface area contributed by atoms with Crippen LogP contribution in [0, 0.1) is 0 Å². The highest BCUT2D eigenvalue weighted by atomic mass is 32.2. The smallest absolute Gasteiger partial charge is 0.329 e. The molecule has 0 atom stereocenters. The van der Waals surface area contributed by atoms with Gasteiger partial charge in [0.1, 0.15) is 0 Å². The first-order valence-electron chi connectivity index (χ1n) is 8.26. The van der Waals surface area contributed by atoms with E-state index in [1.807, 2.05) is 0 Å². The molecule has 1 aromatic heterocycles. The molecule has 2 fully saturated rings. The molecule has 6 nitrogen and oxygen atoms in total. The lowest BCUT2D eigenvalue weighted by atomic mass is 10.1. The molecule has 0 aliphatic heterocycles. The largest absolute Gasteiger partial charge is 0.471 e. The van der Waals surface area contributed by atoms with Gasteiger partial charge in [-0.3, -0.25) is 0 Å². The minimum Gasteiger partial charge on any atom is -0.329 e. The monoisotopic (exact) mass is 387 g/mol. The van der Waals surface area contributed by atoms with Crippen LogP contribution in [0.2, 0.25) is 0 Å². The zero-order valence-corrected chi connectivity index (χ0v) is 14.4. The van der Waals surface area contributed by atoms with E-state index in [1.54, 1.807) is 28.6 Å². The van der Waals surface area contributed by atoms with Crippen LogP contribution in [0.15, 0.2) is 28.8 Å². The number of alkyl halides is 3. The van der Waals surface area contributed by atoms with E-state index in [9.17, 15) is 21.6 Å². The van der Waals surface area contributed by atoms with Gasteiger partial charge in [0.2, 0.25) is 15.8 Å². The summed E-state index contributed by atoms with van der Waals surface area (Å²) in [6.07, 6.45) is -1.53. The number of benzene rings is 1. The van der Waals surface area contributed by atoms with Gasteiger partial charge >= 0.3 is 12.1 Å². The van der Waals surface area contributed by atoms with Gasteiger partial charge in [0, 0.05) is 18.2 Å². The first-order chi connectivity index (χ1) is 12.2. The minimum atomic E-state index is -4.69. The highest BCUT2D eigenvalue weighted by Gasteiger charge is 2.45. The highest BCUT2D eigenvalue weighted by molar-refractivity contribution is 7.90. The second kappa shape index (κ2) is 6.05. The fourth-order valence-electron chi connectivity index (χ4n) is 2.74. The first-order valence-corrected chi connectivity index (χ1v) is 9.76. The van der Waals surface area contributed by atoms with Gasteiger partial charge in [-0.15, -0.1) is 0 Å². The molecule has 0 unspecified atom stereocenters. The number of hydrogen-bond acceptors (Lipinski definition) is 5.